The van der Waals surface area contributed by atoms with Gasteiger partial charge in [-0.1, -0.05) is 23.7 Å². The van der Waals surface area contributed by atoms with Gasteiger partial charge in [-0.3, -0.25) is 4.79 Å². The zero-order chi connectivity index (χ0) is 14.0. The van der Waals surface area contributed by atoms with Gasteiger partial charge in [0.05, 0.1) is 5.71 Å². The number of piperidine rings is 1. The van der Waals surface area contributed by atoms with Crippen LogP contribution in [-0.2, 0) is 0 Å². The molecule has 1 aliphatic heterocycles. The number of carbonyl (C=O) groups excluding carboxylic acids is 1. The number of hydrogen-bond donors (Lipinski definition) is 1. The van der Waals surface area contributed by atoms with Gasteiger partial charge in [0.2, 0.25) is 0 Å². The van der Waals surface area contributed by atoms with E-state index in [1.54, 1.807) is 11.0 Å². The second-order valence-corrected chi connectivity index (χ2v) is 5.45. The van der Waals surface area contributed by atoms with E-state index in [4.69, 9.17) is 16.8 Å². The molecule has 0 saturated carbocycles. The Bertz CT molecular complexity index is 508. The molecule has 0 spiro atoms. The molecule has 0 bridgehead atoms. The molecule has 1 heterocycles. The molecule has 102 valence electrons. The number of nitrogens with zero attached hydrogens (tertiary/aromatic N) is 2. The van der Waals surface area contributed by atoms with Crippen molar-refractivity contribution in [2.45, 2.75) is 20.3 Å². The molecule has 0 aliphatic carbocycles. The molecule has 1 aliphatic rings. The second-order valence-electron chi connectivity index (χ2n) is 5.01. The van der Waals surface area contributed by atoms with Gasteiger partial charge in [0, 0.05) is 36.0 Å². The summed E-state index contributed by atoms with van der Waals surface area (Å²) in [4.78, 5) is 14.2. The first-order valence-electron chi connectivity index (χ1n) is 6.28. The highest BCUT2D eigenvalue weighted by atomic mass is 35.5. The minimum Gasteiger partial charge on any atom is -0.411 e. The van der Waals surface area contributed by atoms with Gasteiger partial charge in [-0.2, -0.15) is 0 Å². The standard InChI is InChI=1S/C14H17ClN2O2/c1-9-5-11(7-12(15)6-9)14(18)17-4-3-13(16-19)10(2)8-17/h5-7,10,19H,3-4,8H2,1-2H3/b16-13+. The topological polar surface area (TPSA) is 52.9 Å². The van der Waals surface area contributed by atoms with Crippen molar-refractivity contribution in [1.82, 2.24) is 4.90 Å². The van der Waals surface area contributed by atoms with E-state index in [-0.39, 0.29) is 11.8 Å². The average molecular weight is 281 g/mol. The van der Waals surface area contributed by atoms with E-state index >= 15 is 0 Å². The van der Waals surface area contributed by atoms with Crippen LogP contribution < -0.4 is 0 Å². The van der Waals surface area contributed by atoms with Gasteiger partial charge in [0.1, 0.15) is 0 Å². The lowest BCUT2D eigenvalue weighted by Gasteiger charge is -2.31. The molecule has 1 amide bonds. The zero-order valence-electron chi connectivity index (χ0n) is 11.1. The first-order valence-corrected chi connectivity index (χ1v) is 6.66. The first-order chi connectivity index (χ1) is 9.01. The third-order valence-electron chi connectivity index (χ3n) is 3.41. The lowest BCUT2D eigenvalue weighted by molar-refractivity contribution is 0.0734. The minimum absolute atomic E-state index is 0.0190. The third-order valence-corrected chi connectivity index (χ3v) is 3.62. The van der Waals surface area contributed by atoms with E-state index in [1.165, 1.54) is 0 Å². The summed E-state index contributed by atoms with van der Waals surface area (Å²) in [6.45, 7) is 5.02. The summed E-state index contributed by atoms with van der Waals surface area (Å²) in [6, 6.07) is 5.36. The molecule has 1 unspecified atom stereocenters. The maximum absolute atomic E-state index is 12.4. The fourth-order valence-corrected chi connectivity index (χ4v) is 2.69. The molecule has 1 N–H and O–H groups in total. The highest BCUT2D eigenvalue weighted by Crippen LogP contribution is 2.20. The van der Waals surface area contributed by atoms with E-state index in [1.807, 2.05) is 26.0 Å². The van der Waals surface area contributed by atoms with Gasteiger partial charge in [-0.05, 0) is 30.7 Å². The molecule has 1 fully saturated rings. The SMILES string of the molecule is Cc1cc(Cl)cc(C(=O)N2CC/C(=N\O)C(C)C2)c1. The Labute approximate surface area is 117 Å². The van der Waals surface area contributed by atoms with Gasteiger partial charge in [0.15, 0.2) is 0 Å². The van der Waals surface area contributed by atoms with Crippen molar-refractivity contribution in [1.29, 1.82) is 0 Å². The van der Waals surface area contributed by atoms with Crippen molar-refractivity contribution in [3.05, 3.63) is 34.3 Å². The average Bonchev–Trinajstić information content (AvgIpc) is 2.36. The number of likely N-dealkylation sites (tertiary alicyclic amines) is 1. The molecule has 19 heavy (non-hydrogen) atoms. The van der Waals surface area contributed by atoms with Crippen molar-refractivity contribution in [2.24, 2.45) is 11.1 Å². The predicted octanol–water partition coefficient (Wildman–Crippen LogP) is 2.96. The molecule has 1 atom stereocenters. The van der Waals surface area contributed by atoms with Crippen molar-refractivity contribution in [3.63, 3.8) is 0 Å². The summed E-state index contributed by atoms with van der Waals surface area (Å²) in [5.41, 5.74) is 2.34. The molecule has 1 saturated heterocycles. The number of amides is 1. The summed E-state index contributed by atoms with van der Waals surface area (Å²) < 4.78 is 0. The molecule has 1 aromatic rings. The van der Waals surface area contributed by atoms with Gasteiger partial charge >= 0.3 is 0 Å². The largest absolute Gasteiger partial charge is 0.411 e. The zero-order valence-corrected chi connectivity index (χ0v) is 11.8. The summed E-state index contributed by atoms with van der Waals surface area (Å²) in [5.74, 6) is 0.0671. The van der Waals surface area contributed by atoms with Gasteiger partial charge in [-0.15, -0.1) is 0 Å². The van der Waals surface area contributed by atoms with Crippen LogP contribution in [0.5, 0.6) is 0 Å². The Hall–Kier alpha value is -1.55. The van der Waals surface area contributed by atoms with Crippen LogP contribution in [-0.4, -0.2) is 34.8 Å². The number of rotatable bonds is 1. The van der Waals surface area contributed by atoms with Crippen LogP contribution in [0, 0.1) is 12.8 Å². The Morgan fingerprint density at radius 1 is 1.47 bits per heavy atom. The fraction of sp³-hybridized carbons (Fsp3) is 0.429. The van der Waals surface area contributed by atoms with Crippen LogP contribution in [0.25, 0.3) is 0 Å². The lowest BCUT2D eigenvalue weighted by Crippen LogP contribution is -2.43. The summed E-state index contributed by atoms with van der Waals surface area (Å²) in [6.07, 6.45) is 0.614. The Balaban J connectivity index is 2.16. The van der Waals surface area contributed by atoms with Gasteiger partial charge in [-0.25, -0.2) is 0 Å². The Morgan fingerprint density at radius 3 is 2.79 bits per heavy atom. The minimum atomic E-state index is -0.0190. The second kappa shape index (κ2) is 5.61. The number of benzene rings is 1. The monoisotopic (exact) mass is 280 g/mol. The highest BCUT2D eigenvalue weighted by Gasteiger charge is 2.26. The van der Waals surface area contributed by atoms with Gasteiger partial charge in [0.25, 0.3) is 5.91 Å². The lowest BCUT2D eigenvalue weighted by atomic mass is 9.97. The van der Waals surface area contributed by atoms with E-state index in [0.29, 0.717) is 30.1 Å². The van der Waals surface area contributed by atoms with Crippen LogP contribution in [0.4, 0.5) is 0 Å². The van der Waals surface area contributed by atoms with Crippen molar-refractivity contribution < 1.29 is 10.0 Å². The molecule has 5 heteroatoms. The third kappa shape index (κ3) is 3.07. The van der Waals surface area contributed by atoms with Crippen molar-refractivity contribution >= 4 is 23.2 Å². The number of carbonyl (C=O) groups is 1. The van der Waals surface area contributed by atoms with E-state index < -0.39 is 0 Å². The summed E-state index contributed by atoms with van der Waals surface area (Å²) in [7, 11) is 0. The first kappa shape index (κ1) is 13.9. The van der Waals surface area contributed by atoms with E-state index in [2.05, 4.69) is 5.16 Å². The highest BCUT2D eigenvalue weighted by molar-refractivity contribution is 6.31. The molecular weight excluding hydrogens is 264 g/mol. The number of halogens is 1. The molecule has 1 aromatic carbocycles. The number of aryl methyl sites for hydroxylation is 1. The maximum Gasteiger partial charge on any atom is 0.253 e. The van der Waals surface area contributed by atoms with E-state index in [9.17, 15) is 4.79 Å². The van der Waals surface area contributed by atoms with Crippen molar-refractivity contribution in [3.8, 4) is 0 Å². The normalized spacial score (nSPS) is 21.7. The van der Waals surface area contributed by atoms with Crippen LogP contribution >= 0.6 is 11.6 Å². The molecule has 2 rings (SSSR count). The quantitative estimate of drug-likeness (QED) is 0.635. The number of hydrogen-bond acceptors (Lipinski definition) is 3. The van der Waals surface area contributed by atoms with Gasteiger partial charge < -0.3 is 10.1 Å². The van der Waals surface area contributed by atoms with Crippen LogP contribution in [0.1, 0.15) is 29.3 Å². The fourth-order valence-electron chi connectivity index (χ4n) is 2.40. The van der Waals surface area contributed by atoms with E-state index in [0.717, 1.165) is 11.3 Å². The molecule has 0 radical (unpaired) electrons. The number of oxime groups is 1. The molecular formula is C14H17ClN2O2. The predicted molar refractivity (Wildman–Crippen MR) is 75.1 cm³/mol. The summed E-state index contributed by atoms with van der Waals surface area (Å²) in [5, 5.41) is 12.7. The maximum atomic E-state index is 12.4. The molecule has 4 nitrogen and oxygen atoms in total. The molecule has 0 aromatic heterocycles. The van der Waals surface area contributed by atoms with Crippen LogP contribution in [0.15, 0.2) is 23.4 Å². The summed E-state index contributed by atoms with van der Waals surface area (Å²) >= 11 is 5.98. The van der Waals surface area contributed by atoms with Crippen molar-refractivity contribution in [2.75, 3.05) is 13.1 Å². The Morgan fingerprint density at radius 2 is 2.21 bits per heavy atom. The van der Waals surface area contributed by atoms with Crippen LogP contribution in [0.3, 0.4) is 0 Å². The smallest absolute Gasteiger partial charge is 0.253 e. The van der Waals surface area contributed by atoms with Crippen LogP contribution in [0.2, 0.25) is 5.02 Å². The Kier molecular flexibility index (Phi) is 4.10.